The quantitative estimate of drug-likeness (QED) is 0.630. The van der Waals surface area contributed by atoms with Gasteiger partial charge in [-0.3, -0.25) is 9.11 Å². The molecule has 0 radical (unpaired) electrons. The van der Waals surface area contributed by atoms with Crippen LogP contribution in [0, 0.1) is 0 Å². The van der Waals surface area contributed by atoms with Gasteiger partial charge in [-0.25, -0.2) is 4.31 Å². The van der Waals surface area contributed by atoms with Crippen molar-refractivity contribution in [3.05, 3.63) is 60.2 Å². The van der Waals surface area contributed by atoms with E-state index in [4.69, 9.17) is 0 Å². The third-order valence-corrected chi connectivity index (χ3v) is 6.65. The minimum Gasteiger partial charge on any atom is -0.391 e. The molecule has 0 fully saturated rings. The van der Waals surface area contributed by atoms with Gasteiger partial charge in [-0.1, -0.05) is 36.4 Å². The van der Waals surface area contributed by atoms with Crippen molar-refractivity contribution in [1.82, 2.24) is 5.32 Å². The van der Waals surface area contributed by atoms with Crippen molar-refractivity contribution in [2.75, 3.05) is 17.9 Å². The molecule has 0 amide bonds. The van der Waals surface area contributed by atoms with Gasteiger partial charge in [0, 0.05) is 0 Å². The molecule has 2 atom stereocenters. The number of anilines is 2. The molecule has 1 aliphatic heterocycles. The Labute approximate surface area is 156 Å². The molecule has 0 aromatic heterocycles. The van der Waals surface area contributed by atoms with Crippen LogP contribution in [0.15, 0.2) is 54.6 Å². The Bertz CT molecular complexity index is 687. The largest absolute Gasteiger partial charge is 0.391 e. The Morgan fingerprint density at radius 2 is 1.76 bits per heavy atom. The topological polar surface area (TPSA) is 76.0 Å². The lowest BCUT2D eigenvalue weighted by Crippen LogP contribution is -2.44. The molecule has 1 heterocycles. The van der Waals surface area contributed by atoms with Gasteiger partial charge in [0.25, 0.3) is 0 Å². The summed E-state index contributed by atoms with van der Waals surface area (Å²) in [5.74, 6) is 0. The van der Waals surface area contributed by atoms with Crippen LogP contribution in [0.25, 0.3) is 0 Å². The van der Waals surface area contributed by atoms with E-state index in [1.165, 1.54) is 0 Å². The van der Waals surface area contributed by atoms with Gasteiger partial charge in [0.1, 0.15) is 0 Å². The summed E-state index contributed by atoms with van der Waals surface area (Å²) >= 11 is 0. The van der Waals surface area contributed by atoms with Crippen LogP contribution >= 0.6 is 23.2 Å². The fourth-order valence-corrected chi connectivity index (χ4v) is 5.30. The first-order valence-electron chi connectivity index (χ1n) is 8.08. The Morgan fingerprint density at radius 3 is 2.44 bits per heavy atom. The summed E-state index contributed by atoms with van der Waals surface area (Å²) in [5.41, 5.74) is 2.53. The number of aliphatic hydroxyl groups is 1. The molecule has 4 N–H and O–H groups in total. The first-order valence-corrected chi connectivity index (χ1v) is 9.65. The zero-order valence-electron chi connectivity index (χ0n) is 14.1. The van der Waals surface area contributed by atoms with Gasteiger partial charge in [-0.05, 0) is 50.2 Å². The van der Waals surface area contributed by atoms with Gasteiger partial charge in [0.15, 0.2) is 0 Å². The van der Waals surface area contributed by atoms with Gasteiger partial charge in [-0.15, -0.1) is 23.2 Å². The van der Waals surface area contributed by atoms with Crippen LogP contribution in [0.2, 0.25) is 0 Å². The van der Waals surface area contributed by atoms with E-state index in [-0.39, 0.29) is 12.4 Å². The summed E-state index contributed by atoms with van der Waals surface area (Å²) in [7, 11) is -1.39. The molecule has 1 aliphatic rings. The Morgan fingerprint density at radius 1 is 1.12 bits per heavy atom. The normalized spacial score (nSPS) is 21.0. The smallest absolute Gasteiger partial charge is 0.0992 e. The highest BCUT2D eigenvalue weighted by Gasteiger charge is 2.42. The number of hydrogen-bond donors (Lipinski definition) is 4. The van der Waals surface area contributed by atoms with Crippen LogP contribution in [0.5, 0.6) is 0 Å². The number of nitrogens with one attached hydrogen (secondary N) is 1. The zero-order chi connectivity index (χ0) is 17.2. The molecule has 0 saturated heterocycles. The number of nitrogens with zero attached hydrogens (tertiary/aromatic N) is 1. The van der Waals surface area contributed by atoms with Gasteiger partial charge in [0.05, 0.1) is 22.7 Å². The predicted octanol–water partition coefficient (Wildman–Crippen LogP) is 3.81. The molecule has 5 nitrogen and oxygen atoms in total. The first-order chi connectivity index (χ1) is 11.6. The molecule has 7 heteroatoms. The maximum Gasteiger partial charge on any atom is 0.0992 e. The van der Waals surface area contributed by atoms with Crippen LogP contribution in [-0.4, -0.2) is 39.2 Å². The summed E-state index contributed by atoms with van der Waals surface area (Å²) in [5, 5.41) is 12.9. The second kappa shape index (κ2) is 8.40. The number of aliphatic hydroxyl groups excluding tert-OH is 1. The van der Waals surface area contributed by atoms with Crippen LogP contribution in [0.3, 0.4) is 0 Å². The number of hydrogen-bond acceptors (Lipinski definition) is 5. The Balaban J connectivity index is 0.00000225. The van der Waals surface area contributed by atoms with E-state index in [9.17, 15) is 14.2 Å². The third-order valence-electron chi connectivity index (χ3n) is 4.42. The minimum atomic E-state index is -3.20. The lowest BCUT2D eigenvalue weighted by Gasteiger charge is -2.54. The third kappa shape index (κ3) is 3.95. The summed E-state index contributed by atoms with van der Waals surface area (Å²) in [4.78, 5) is 0. The zero-order valence-corrected chi connectivity index (χ0v) is 15.7. The lowest BCUT2D eigenvalue weighted by molar-refractivity contribution is 0.153. The van der Waals surface area contributed by atoms with E-state index in [0.29, 0.717) is 19.4 Å². The molecule has 0 unspecified atom stereocenters. The van der Waals surface area contributed by atoms with Crippen LogP contribution < -0.4 is 9.62 Å². The number of benzene rings is 2. The molecule has 2 aromatic rings. The molecule has 0 aliphatic carbocycles. The van der Waals surface area contributed by atoms with Crippen molar-refractivity contribution in [3.63, 3.8) is 0 Å². The molecule has 25 heavy (non-hydrogen) atoms. The van der Waals surface area contributed by atoms with Crippen LogP contribution in [0.1, 0.15) is 12.0 Å². The van der Waals surface area contributed by atoms with E-state index >= 15 is 0 Å². The minimum absolute atomic E-state index is 0. The fraction of sp³-hybridized carbons (Fsp3) is 0.333. The Kier molecular flexibility index (Phi) is 6.73. The van der Waals surface area contributed by atoms with E-state index in [1.807, 2.05) is 61.6 Å². The summed E-state index contributed by atoms with van der Waals surface area (Å²) < 4.78 is 23.7. The predicted molar refractivity (Wildman–Crippen MR) is 107 cm³/mol. The van der Waals surface area contributed by atoms with Crippen molar-refractivity contribution >= 4 is 34.6 Å². The molecule has 3 rings (SSSR count). The highest BCUT2D eigenvalue weighted by Crippen LogP contribution is 2.60. The second-order valence-electron chi connectivity index (χ2n) is 6.02. The van der Waals surface area contributed by atoms with Gasteiger partial charge >= 0.3 is 0 Å². The van der Waals surface area contributed by atoms with Crippen LogP contribution in [0.4, 0.5) is 11.4 Å². The van der Waals surface area contributed by atoms with E-state index in [0.717, 1.165) is 16.9 Å². The average Bonchev–Trinajstić information content (AvgIpc) is 2.59. The second-order valence-corrected chi connectivity index (χ2v) is 8.11. The maximum absolute atomic E-state index is 11.0. The van der Waals surface area contributed by atoms with Gasteiger partial charge in [-0.2, -0.15) is 0 Å². The van der Waals surface area contributed by atoms with Crippen molar-refractivity contribution in [2.24, 2.45) is 0 Å². The molecular formula is C18H25ClN2O3S. The first kappa shape index (κ1) is 20.0. The number of para-hydroxylation sites is 2. The maximum atomic E-state index is 11.0. The molecule has 0 saturated carbocycles. The summed E-state index contributed by atoms with van der Waals surface area (Å²) in [6.07, 6.45) is 0.135. The lowest BCUT2D eigenvalue weighted by atomic mass is 10.0. The van der Waals surface area contributed by atoms with Gasteiger partial charge < -0.3 is 10.4 Å². The fourth-order valence-electron chi connectivity index (χ4n) is 3.17. The number of fused-ring (bicyclic) bond motifs is 1. The van der Waals surface area contributed by atoms with E-state index < -0.39 is 22.1 Å². The van der Waals surface area contributed by atoms with E-state index in [2.05, 4.69) is 5.32 Å². The standard InChI is InChI=1S/C18H24N2O3S.ClH/c1-19-12-11-17(21)18-13-14-7-5-6-10-16(14)20(24(18,22)23)15-8-3-2-4-9-15;/h2-10,17-19,21-23H,11-13H2,1H3;1H/t17-,18-;/m0./s1. The van der Waals surface area contributed by atoms with Crippen molar-refractivity contribution in [3.8, 4) is 0 Å². The SMILES string of the molecule is CNCC[C@H](O)[C@@H]1Cc2ccccc2N(c2ccccc2)S1(O)O.Cl. The van der Waals surface area contributed by atoms with Gasteiger partial charge in [0.2, 0.25) is 0 Å². The average molecular weight is 385 g/mol. The molecule has 0 bridgehead atoms. The highest BCUT2D eigenvalue weighted by molar-refractivity contribution is 8.26. The molecule has 0 spiro atoms. The Hall–Kier alpha value is -1.28. The summed E-state index contributed by atoms with van der Waals surface area (Å²) in [6, 6.07) is 17.1. The highest BCUT2D eigenvalue weighted by atomic mass is 35.5. The number of rotatable bonds is 5. The monoisotopic (exact) mass is 384 g/mol. The van der Waals surface area contributed by atoms with E-state index in [1.54, 1.807) is 4.31 Å². The summed E-state index contributed by atoms with van der Waals surface area (Å²) in [6.45, 7) is 0.625. The number of halogens is 1. The molecular weight excluding hydrogens is 360 g/mol. The van der Waals surface area contributed by atoms with Crippen LogP contribution in [-0.2, 0) is 6.42 Å². The van der Waals surface area contributed by atoms with Crippen molar-refractivity contribution < 1.29 is 14.2 Å². The molecule has 2 aromatic carbocycles. The molecule has 138 valence electrons. The van der Waals surface area contributed by atoms with Crippen molar-refractivity contribution in [1.29, 1.82) is 0 Å². The van der Waals surface area contributed by atoms with Crippen molar-refractivity contribution in [2.45, 2.75) is 24.2 Å².